The van der Waals surface area contributed by atoms with E-state index in [4.69, 9.17) is 9.47 Å². The molecule has 2 atom stereocenters. The minimum absolute atomic E-state index is 0.160. The first kappa shape index (κ1) is 19.8. The molecule has 0 aliphatic rings. The lowest BCUT2D eigenvalue weighted by Gasteiger charge is -2.29. The Kier molecular flexibility index (Phi) is 6.14. The van der Waals surface area contributed by atoms with Crippen molar-refractivity contribution in [2.24, 2.45) is 0 Å². The molecule has 2 heteroatoms. The first-order valence-corrected chi connectivity index (χ1v) is 10.2. The summed E-state index contributed by atoms with van der Waals surface area (Å²) in [5.74, 6) is 2.05. The van der Waals surface area contributed by atoms with Crippen LogP contribution in [-0.2, 0) is 0 Å². The van der Waals surface area contributed by atoms with Crippen molar-refractivity contribution in [3.05, 3.63) is 131 Å². The van der Waals surface area contributed by atoms with Crippen molar-refractivity contribution in [1.29, 1.82) is 0 Å². The second-order valence-corrected chi connectivity index (χ2v) is 7.32. The molecule has 0 N–H and O–H groups in total. The molecule has 150 valence electrons. The zero-order valence-electron chi connectivity index (χ0n) is 17.4. The van der Waals surface area contributed by atoms with E-state index in [1.165, 1.54) is 22.3 Å². The Balaban J connectivity index is 1.89. The average molecular weight is 395 g/mol. The van der Waals surface area contributed by atoms with E-state index in [2.05, 4.69) is 84.9 Å². The van der Waals surface area contributed by atoms with Crippen LogP contribution in [0.4, 0.5) is 0 Å². The highest BCUT2D eigenvalue weighted by atomic mass is 16.5. The maximum Gasteiger partial charge on any atom is 0.118 e. The molecule has 0 heterocycles. The van der Waals surface area contributed by atoms with Crippen LogP contribution < -0.4 is 9.47 Å². The van der Waals surface area contributed by atoms with E-state index in [1.807, 2.05) is 24.3 Å². The summed E-state index contributed by atoms with van der Waals surface area (Å²) < 4.78 is 10.8. The van der Waals surface area contributed by atoms with Crippen LogP contribution in [0.1, 0.15) is 34.1 Å². The summed E-state index contributed by atoms with van der Waals surface area (Å²) in [6, 6.07) is 38.3. The van der Waals surface area contributed by atoms with Crippen molar-refractivity contribution in [1.82, 2.24) is 0 Å². The van der Waals surface area contributed by atoms with Gasteiger partial charge in [0, 0.05) is 11.8 Å². The van der Waals surface area contributed by atoms with Gasteiger partial charge in [-0.15, -0.1) is 0 Å². The Bertz CT molecular complexity index is 950. The van der Waals surface area contributed by atoms with Gasteiger partial charge >= 0.3 is 0 Å². The summed E-state index contributed by atoms with van der Waals surface area (Å²) in [5.41, 5.74) is 5.08. The van der Waals surface area contributed by atoms with Crippen molar-refractivity contribution < 1.29 is 9.47 Å². The zero-order chi connectivity index (χ0) is 20.8. The van der Waals surface area contributed by atoms with E-state index in [-0.39, 0.29) is 11.8 Å². The third kappa shape index (κ3) is 4.23. The summed E-state index contributed by atoms with van der Waals surface area (Å²) in [6.45, 7) is 0. The van der Waals surface area contributed by atoms with Crippen molar-refractivity contribution in [3.8, 4) is 11.5 Å². The van der Waals surface area contributed by atoms with Crippen LogP contribution >= 0.6 is 0 Å². The highest BCUT2D eigenvalue weighted by Gasteiger charge is 2.28. The molecule has 0 saturated heterocycles. The molecular formula is C28H26O2. The maximum atomic E-state index is 5.40. The van der Waals surface area contributed by atoms with Gasteiger partial charge in [-0.3, -0.25) is 0 Å². The average Bonchev–Trinajstić information content (AvgIpc) is 2.84. The van der Waals surface area contributed by atoms with Crippen LogP contribution in [0, 0.1) is 0 Å². The molecule has 0 aromatic heterocycles. The SMILES string of the molecule is COc1ccc(C(c2ccccc2)C(c2ccccc2)c2ccc(OC)cc2)cc1. The van der Waals surface area contributed by atoms with Crippen LogP contribution in [0.5, 0.6) is 11.5 Å². The van der Waals surface area contributed by atoms with Crippen LogP contribution in [0.2, 0.25) is 0 Å². The van der Waals surface area contributed by atoms with E-state index in [1.54, 1.807) is 14.2 Å². The summed E-state index contributed by atoms with van der Waals surface area (Å²) >= 11 is 0. The van der Waals surface area contributed by atoms with Gasteiger partial charge in [-0.1, -0.05) is 84.9 Å². The fraction of sp³-hybridized carbons (Fsp3) is 0.143. The van der Waals surface area contributed by atoms with E-state index < -0.39 is 0 Å². The van der Waals surface area contributed by atoms with Gasteiger partial charge in [0.2, 0.25) is 0 Å². The number of benzene rings is 4. The molecule has 0 fully saturated rings. The van der Waals surface area contributed by atoms with Crippen molar-refractivity contribution in [2.75, 3.05) is 14.2 Å². The summed E-state index contributed by atoms with van der Waals surface area (Å²) in [6.07, 6.45) is 0. The number of methoxy groups -OCH3 is 2. The lowest BCUT2D eigenvalue weighted by molar-refractivity contribution is 0.414. The molecule has 30 heavy (non-hydrogen) atoms. The third-order valence-electron chi connectivity index (χ3n) is 5.60. The van der Waals surface area contributed by atoms with Gasteiger partial charge in [-0.05, 0) is 46.5 Å². The first-order valence-electron chi connectivity index (χ1n) is 10.2. The number of hydrogen-bond acceptors (Lipinski definition) is 2. The lowest BCUT2D eigenvalue weighted by atomic mass is 9.74. The highest BCUT2D eigenvalue weighted by Crippen LogP contribution is 2.43. The van der Waals surface area contributed by atoms with Gasteiger partial charge in [0.15, 0.2) is 0 Å². The molecule has 4 aromatic rings. The molecule has 4 rings (SSSR count). The third-order valence-corrected chi connectivity index (χ3v) is 5.60. The second-order valence-electron chi connectivity index (χ2n) is 7.32. The van der Waals surface area contributed by atoms with Crippen LogP contribution in [-0.4, -0.2) is 14.2 Å². The Labute approximate surface area is 178 Å². The zero-order valence-corrected chi connectivity index (χ0v) is 17.4. The first-order chi connectivity index (χ1) is 14.8. The van der Waals surface area contributed by atoms with E-state index in [0.29, 0.717) is 0 Å². The van der Waals surface area contributed by atoms with Gasteiger partial charge in [0.1, 0.15) is 11.5 Å². The van der Waals surface area contributed by atoms with E-state index >= 15 is 0 Å². The fourth-order valence-electron chi connectivity index (χ4n) is 4.10. The molecule has 0 saturated carbocycles. The van der Waals surface area contributed by atoms with Crippen molar-refractivity contribution in [2.45, 2.75) is 11.8 Å². The van der Waals surface area contributed by atoms with E-state index in [0.717, 1.165) is 11.5 Å². The Morgan fingerprint density at radius 2 is 0.700 bits per heavy atom. The van der Waals surface area contributed by atoms with Crippen LogP contribution in [0.25, 0.3) is 0 Å². The molecule has 0 spiro atoms. The molecule has 2 nitrogen and oxygen atoms in total. The largest absolute Gasteiger partial charge is 0.497 e. The molecule has 0 amide bonds. The van der Waals surface area contributed by atoms with Gasteiger partial charge in [0.05, 0.1) is 14.2 Å². The smallest absolute Gasteiger partial charge is 0.118 e. The van der Waals surface area contributed by atoms with Crippen LogP contribution in [0.15, 0.2) is 109 Å². The molecule has 0 radical (unpaired) electrons. The molecule has 4 aromatic carbocycles. The lowest BCUT2D eigenvalue weighted by Crippen LogP contribution is -2.14. The molecule has 0 aliphatic carbocycles. The van der Waals surface area contributed by atoms with Gasteiger partial charge in [0.25, 0.3) is 0 Å². The van der Waals surface area contributed by atoms with Gasteiger partial charge in [-0.2, -0.15) is 0 Å². The number of ether oxygens (including phenoxy) is 2. The topological polar surface area (TPSA) is 18.5 Å². The molecule has 0 aliphatic heterocycles. The quantitative estimate of drug-likeness (QED) is 0.349. The molecule has 2 unspecified atom stereocenters. The Hall–Kier alpha value is -3.52. The fourth-order valence-corrected chi connectivity index (χ4v) is 4.10. The Morgan fingerprint density at radius 1 is 0.400 bits per heavy atom. The standard InChI is InChI=1S/C28H26O2/c1-29-25-17-13-23(14-18-25)27(21-9-5-3-6-10-21)28(22-11-7-4-8-12-22)24-15-19-26(30-2)20-16-24/h3-20,27-28H,1-2H3. The minimum Gasteiger partial charge on any atom is -0.497 e. The van der Waals surface area contributed by atoms with Crippen LogP contribution in [0.3, 0.4) is 0 Å². The normalized spacial score (nSPS) is 12.7. The van der Waals surface area contributed by atoms with Gasteiger partial charge < -0.3 is 9.47 Å². The maximum absolute atomic E-state index is 5.40. The Morgan fingerprint density at radius 3 is 1.00 bits per heavy atom. The molecule has 0 bridgehead atoms. The summed E-state index contributed by atoms with van der Waals surface area (Å²) in [5, 5.41) is 0. The number of hydrogen-bond donors (Lipinski definition) is 0. The predicted octanol–water partition coefficient (Wildman–Crippen LogP) is 6.67. The summed E-state index contributed by atoms with van der Waals surface area (Å²) in [4.78, 5) is 0. The monoisotopic (exact) mass is 394 g/mol. The highest BCUT2D eigenvalue weighted by molar-refractivity contribution is 5.46. The van der Waals surface area contributed by atoms with Crippen molar-refractivity contribution >= 4 is 0 Å². The van der Waals surface area contributed by atoms with Crippen molar-refractivity contribution in [3.63, 3.8) is 0 Å². The van der Waals surface area contributed by atoms with E-state index in [9.17, 15) is 0 Å². The second kappa shape index (κ2) is 9.32. The summed E-state index contributed by atoms with van der Waals surface area (Å²) in [7, 11) is 3.40. The molecular weight excluding hydrogens is 368 g/mol. The predicted molar refractivity (Wildman–Crippen MR) is 123 cm³/mol. The number of rotatable bonds is 7. The minimum atomic E-state index is 0.160. The van der Waals surface area contributed by atoms with Gasteiger partial charge in [-0.25, -0.2) is 0 Å².